The summed E-state index contributed by atoms with van der Waals surface area (Å²) < 4.78 is 5.05. The summed E-state index contributed by atoms with van der Waals surface area (Å²) in [4.78, 5) is 0. The summed E-state index contributed by atoms with van der Waals surface area (Å²) in [5.41, 5.74) is 2.18. The molecule has 1 N–H and O–H groups in total. The van der Waals surface area contributed by atoms with E-state index in [1.807, 2.05) is 31.2 Å². The van der Waals surface area contributed by atoms with Crippen LogP contribution in [-0.4, -0.2) is 18.8 Å². The molecule has 0 radical (unpaired) electrons. The third-order valence-electron chi connectivity index (χ3n) is 2.50. The number of aliphatic hydroxyl groups excluding tert-OH is 1. The summed E-state index contributed by atoms with van der Waals surface area (Å²) in [7, 11) is 1.69. The number of methoxy groups -OCH3 is 1. The third-order valence-corrected chi connectivity index (χ3v) is 2.50. The van der Waals surface area contributed by atoms with Gasteiger partial charge in [0.2, 0.25) is 0 Å². The molecule has 2 unspecified atom stereocenters. The fourth-order valence-corrected chi connectivity index (χ4v) is 1.75. The topological polar surface area (TPSA) is 29.5 Å². The molecule has 0 spiro atoms. The van der Waals surface area contributed by atoms with Crippen LogP contribution in [0.2, 0.25) is 0 Å². The van der Waals surface area contributed by atoms with E-state index in [-0.39, 0.29) is 6.10 Å². The van der Waals surface area contributed by atoms with Gasteiger partial charge in [-0.25, -0.2) is 0 Å². The maximum Gasteiger partial charge on any atom is 0.0793 e. The number of aliphatic hydroxyl groups is 1. The summed E-state index contributed by atoms with van der Waals surface area (Å²) in [5, 5.41) is 9.99. The number of benzene rings is 1. The summed E-state index contributed by atoms with van der Waals surface area (Å²) in [6, 6.07) is 8.02. The van der Waals surface area contributed by atoms with Crippen LogP contribution in [0.25, 0.3) is 0 Å². The molecular weight excluding hydrogens is 188 g/mol. The first kappa shape index (κ1) is 12.2. The van der Waals surface area contributed by atoms with Gasteiger partial charge in [0.25, 0.3) is 0 Å². The van der Waals surface area contributed by atoms with Gasteiger partial charge in [0, 0.05) is 13.7 Å². The van der Waals surface area contributed by atoms with Gasteiger partial charge in [0.1, 0.15) is 0 Å². The monoisotopic (exact) mass is 208 g/mol. The van der Waals surface area contributed by atoms with E-state index >= 15 is 0 Å². The molecule has 15 heavy (non-hydrogen) atoms. The molecular formula is C13H20O2. The van der Waals surface area contributed by atoms with E-state index in [9.17, 15) is 5.11 Å². The predicted molar refractivity (Wildman–Crippen MR) is 61.8 cm³/mol. The van der Waals surface area contributed by atoms with Crippen LogP contribution < -0.4 is 0 Å². The molecule has 0 bridgehead atoms. The van der Waals surface area contributed by atoms with E-state index in [0.29, 0.717) is 12.5 Å². The van der Waals surface area contributed by atoms with Crippen LogP contribution in [-0.2, 0) is 4.74 Å². The molecule has 0 fully saturated rings. The summed E-state index contributed by atoms with van der Waals surface area (Å²) in [6.07, 6.45) is 0.368. The minimum atomic E-state index is -0.380. The predicted octanol–water partition coefficient (Wildman–Crippen LogP) is 2.70. The van der Waals surface area contributed by atoms with Gasteiger partial charge in [0.05, 0.1) is 6.10 Å². The van der Waals surface area contributed by atoms with Crippen LogP contribution in [0.3, 0.4) is 0 Å². The highest BCUT2D eigenvalue weighted by molar-refractivity contribution is 5.23. The first-order valence-corrected chi connectivity index (χ1v) is 5.37. The number of ether oxygens (including phenoxy) is 1. The number of hydrogen-bond acceptors (Lipinski definition) is 2. The van der Waals surface area contributed by atoms with Gasteiger partial charge in [-0.15, -0.1) is 0 Å². The largest absolute Gasteiger partial charge is 0.388 e. The second-order valence-electron chi connectivity index (χ2n) is 4.23. The molecule has 1 rings (SSSR count). The molecule has 1 aromatic rings. The average molecular weight is 208 g/mol. The van der Waals surface area contributed by atoms with Gasteiger partial charge in [0.15, 0.2) is 0 Å². The van der Waals surface area contributed by atoms with E-state index in [2.05, 4.69) is 6.92 Å². The lowest BCUT2D eigenvalue weighted by atomic mass is 9.98. The zero-order valence-electron chi connectivity index (χ0n) is 9.73. The van der Waals surface area contributed by atoms with Crippen LogP contribution in [0, 0.1) is 12.8 Å². The van der Waals surface area contributed by atoms with Crippen molar-refractivity contribution < 1.29 is 9.84 Å². The van der Waals surface area contributed by atoms with Crippen molar-refractivity contribution in [3.63, 3.8) is 0 Å². The normalized spacial score (nSPS) is 14.9. The Morgan fingerprint density at radius 2 is 2.13 bits per heavy atom. The smallest absolute Gasteiger partial charge is 0.0793 e. The molecule has 0 aliphatic rings. The second kappa shape index (κ2) is 5.89. The van der Waals surface area contributed by atoms with Gasteiger partial charge < -0.3 is 9.84 Å². The van der Waals surface area contributed by atoms with Crippen LogP contribution in [0.15, 0.2) is 24.3 Å². The van der Waals surface area contributed by atoms with E-state index in [4.69, 9.17) is 4.74 Å². The highest BCUT2D eigenvalue weighted by atomic mass is 16.5. The van der Waals surface area contributed by atoms with Crippen molar-refractivity contribution in [3.05, 3.63) is 35.4 Å². The lowest BCUT2D eigenvalue weighted by molar-refractivity contribution is 0.102. The van der Waals surface area contributed by atoms with Crippen LogP contribution in [0.1, 0.15) is 30.6 Å². The van der Waals surface area contributed by atoms with E-state index in [1.54, 1.807) is 7.11 Å². The van der Waals surface area contributed by atoms with Gasteiger partial charge >= 0.3 is 0 Å². The Labute approximate surface area is 91.9 Å². The maximum absolute atomic E-state index is 9.99. The van der Waals surface area contributed by atoms with Crippen LogP contribution >= 0.6 is 0 Å². The number of rotatable bonds is 5. The Morgan fingerprint density at radius 3 is 2.73 bits per heavy atom. The van der Waals surface area contributed by atoms with E-state index in [1.165, 1.54) is 5.56 Å². The summed E-state index contributed by atoms with van der Waals surface area (Å²) in [6.45, 7) is 4.82. The third kappa shape index (κ3) is 4.02. The zero-order chi connectivity index (χ0) is 11.3. The Morgan fingerprint density at radius 1 is 1.40 bits per heavy atom. The summed E-state index contributed by atoms with van der Waals surface area (Å²) >= 11 is 0. The number of hydrogen-bond donors (Lipinski definition) is 1. The average Bonchev–Trinajstić information content (AvgIpc) is 2.18. The van der Waals surface area contributed by atoms with E-state index in [0.717, 1.165) is 12.0 Å². The molecule has 1 aromatic carbocycles. The van der Waals surface area contributed by atoms with Gasteiger partial charge in [-0.2, -0.15) is 0 Å². The zero-order valence-corrected chi connectivity index (χ0v) is 9.73. The lowest BCUT2D eigenvalue weighted by Gasteiger charge is -2.16. The molecule has 0 saturated heterocycles. The van der Waals surface area contributed by atoms with Gasteiger partial charge in [-0.3, -0.25) is 0 Å². The molecule has 0 aromatic heterocycles. The van der Waals surface area contributed by atoms with Crippen molar-refractivity contribution in [2.45, 2.75) is 26.4 Å². The van der Waals surface area contributed by atoms with Crippen LogP contribution in [0.4, 0.5) is 0 Å². The van der Waals surface area contributed by atoms with Gasteiger partial charge in [-0.05, 0) is 24.8 Å². The Kier molecular flexibility index (Phi) is 4.79. The molecule has 0 saturated carbocycles. The fourth-order valence-electron chi connectivity index (χ4n) is 1.75. The van der Waals surface area contributed by atoms with Crippen molar-refractivity contribution in [1.82, 2.24) is 0 Å². The van der Waals surface area contributed by atoms with Crippen molar-refractivity contribution in [2.75, 3.05) is 13.7 Å². The van der Waals surface area contributed by atoms with Crippen molar-refractivity contribution in [2.24, 2.45) is 5.92 Å². The quantitative estimate of drug-likeness (QED) is 0.806. The number of aryl methyl sites for hydroxylation is 1. The first-order valence-electron chi connectivity index (χ1n) is 5.37. The Balaban J connectivity index is 2.56. The van der Waals surface area contributed by atoms with Crippen molar-refractivity contribution in [3.8, 4) is 0 Å². The standard InChI is InChI=1S/C13H20O2/c1-10-5-4-6-12(7-10)13(14)8-11(2)9-15-3/h4-7,11,13-14H,8-9H2,1-3H3. The molecule has 0 heterocycles. The van der Waals surface area contributed by atoms with E-state index < -0.39 is 0 Å². The lowest BCUT2D eigenvalue weighted by Crippen LogP contribution is -2.09. The van der Waals surface area contributed by atoms with Crippen molar-refractivity contribution in [1.29, 1.82) is 0 Å². The van der Waals surface area contributed by atoms with Crippen molar-refractivity contribution >= 4 is 0 Å². The highest BCUT2D eigenvalue weighted by Gasteiger charge is 2.12. The molecule has 2 atom stereocenters. The molecule has 0 amide bonds. The highest BCUT2D eigenvalue weighted by Crippen LogP contribution is 2.21. The minimum absolute atomic E-state index is 0.380. The second-order valence-corrected chi connectivity index (χ2v) is 4.23. The minimum Gasteiger partial charge on any atom is -0.388 e. The Bertz CT molecular complexity index is 296. The Hall–Kier alpha value is -0.860. The fraction of sp³-hybridized carbons (Fsp3) is 0.538. The first-order chi connectivity index (χ1) is 7.13. The molecule has 0 aliphatic carbocycles. The van der Waals surface area contributed by atoms with Gasteiger partial charge in [-0.1, -0.05) is 36.8 Å². The molecule has 2 heteroatoms. The maximum atomic E-state index is 9.99. The SMILES string of the molecule is COCC(C)CC(O)c1cccc(C)c1. The summed E-state index contributed by atoms with van der Waals surface area (Å²) in [5.74, 6) is 0.380. The molecule has 2 nitrogen and oxygen atoms in total. The molecule has 84 valence electrons. The molecule has 0 aliphatic heterocycles. The van der Waals surface area contributed by atoms with Crippen LogP contribution in [0.5, 0.6) is 0 Å².